The summed E-state index contributed by atoms with van der Waals surface area (Å²) in [6.45, 7) is -0.872. The molecule has 3 N–H and O–H groups in total. The van der Waals surface area contributed by atoms with E-state index in [4.69, 9.17) is 5.11 Å². The molecule has 0 radical (unpaired) electrons. The Morgan fingerprint density at radius 1 is 1.32 bits per heavy atom. The molecule has 0 aromatic heterocycles. The highest BCUT2D eigenvalue weighted by atomic mass is 19.4. The molecule has 1 atom stereocenters. The summed E-state index contributed by atoms with van der Waals surface area (Å²) in [6, 6.07) is 6.38. The number of aliphatic hydroxyl groups excluding tert-OH is 1. The van der Waals surface area contributed by atoms with Crippen molar-refractivity contribution < 1.29 is 28.2 Å². The molecule has 0 aliphatic heterocycles. The molecule has 0 aliphatic rings. The molecule has 4 nitrogen and oxygen atoms in total. The van der Waals surface area contributed by atoms with Gasteiger partial charge in [0.05, 0.1) is 6.54 Å². The summed E-state index contributed by atoms with van der Waals surface area (Å²) >= 11 is 0. The molecule has 0 spiro atoms. The van der Waals surface area contributed by atoms with E-state index in [2.05, 4.69) is 0 Å². The van der Waals surface area contributed by atoms with Crippen LogP contribution in [0, 0.1) is 0 Å². The van der Waals surface area contributed by atoms with E-state index in [1.54, 1.807) is 18.2 Å². The third kappa shape index (κ3) is 5.17. The quantitative estimate of drug-likeness (QED) is 0.761. The molecule has 19 heavy (non-hydrogen) atoms. The number of carbonyl (C=O) groups is 1. The standard InChI is InChI=1S/C12H14F3NO3/c13-12(14,15)10(18)7-16-11(19)6-5-8-3-1-2-4-9(8)17/h1-4,10,17-18H,5-7H2,(H,16,19). The maximum Gasteiger partial charge on any atom is 0.416 e. The summed E-state index contributed by atoms with van der Waals surface area (Å²) in [7, 11) is 0. The SMILES string of the molecule is O=C(CCc1ccccc1O)NCC(O)C(F)(F)F. The van der Waals surface area contributed by atoms with E-state index in [9.17, 15) is 23.1 Å². The summed E-state index contributed by atoms with van der Waals surface area (Å²) in [5.41, 5.74) is 0.536. The topological polar surface area (TPSA) is 69.6 Å². The first-order valence-corrected chi connectivity index (χ1v) is 5.59. The zero-order valence-electron chi connectivity index (χ0n) is 9.94. The maximum atomic E-state index is 12.0. The van der Waals surface area contributed by atoms with Crippen molar-refractivity contribution in [3.63, 3.8) is 0 Å². The van der Waals surface area contributed by atoms with Gasteiger partial charge in [0.1, 0.15) is 5.75 Å². The third-order valence-electron chi connectivity index (χ3n) is 2.48. The van der Waals surface area contributed by atoms with Gasteiger partial charge in [-0.2, -0.15) is 13.2 Å². The van der Waals surface area contributed by atoms with Gasteiger partial charge in [-0.25, -0.2) is 0 Å². The lowest BCUT2D eigenvalue weighted by atomic mass is 10.1. The van der Waals surface area contributed by atoms with Gasteiger partial charge in [0, 0.05) is 6.42 Å². The number of hydrogen-bond donors (Lipinski definition) is 3. The fraction of sp³-hybridized carbons (Fsp3) is 0.417. The van der Waals surface area contributed by atoms with Crippen LogP contribution in [0.25, 0.3) is 0 Å². The van der Waals surface area contributed by atoms with Gasteiger partial charge < -0.3 is 15.5 Å². The van der Waals surface area contributed by atoms with Gasteiger partial charge in [0.15, 0.2) is 6.10 Å². The van der Waals surface area contributed by atoms with Gasteiger partial charge in [-0.05, 0) is 18.1 Å². The molecule has 7 heteroatoms. The lowest BCUT2D eigenvalue weighted by Crippen LogP contribution is -2.40. The van der Waals surface area contributed by atoms with Crippen LogP contribution in [0.3, 0.4) is 0 Å². The molecule has 0 saturated carbocycles. The van der Waals surface area contributed by atoms with Crippen molar-refractivity contribution in [2.75, 3.05) is 6.54 Å². The van der Waals surface area contributed by atoms with Crippen molar-refractivity contribution in [3.05, 3.63) is 29.8 Å². The van der Waals surface area contributed by atoms with E-state index in [0.29, 0.717) is 5.56 Å². The van der Waals surface area contributed by atoms with Crippen LogP contribution in [0.2, 0.25) is 0 Å². The van der Waals surface area contributed by atoms with Crippen molar-refractivity contribution in [1.29, 1.82) is 0 Å². The molecule has 1 amide bonds. The molecule has 1 aromatic rings. The van der Waals surface area contributed by atoms with Crippen LogP contribution in [0.15, 0.2) is 24.3 Å². The predicted octanol–water partition coefficient (Wildman–Crippen LogP) is 1.36. The summed E-state index contributed by atoms with van der Waals surface area (Å²) in [6.07, 6.45) is -7.17. The average Bonchev–Trinajstić information content (AvgIpc) is 2.33. The van der Waals surface area contributed by atoms with Crippen molar-refractivity contribution >= 4 is 5.91 Å². The van der Waals surface area contributed by atoms with Gasteiger partial charge in [0.25, 0.3) is 0 Å². The number of halogens is 3. The van der Waals surface area contributed by atoms with Gasteiger partial charge in [0.2, 0.25) is 5.91 Å². The minimum Gasteiger partial charge on any atom is -0.508 e. The molecular formula is C12H14F3NO3. The predicted molar refractivity (Wildman–Crippen MR) is 61.5 cm³/mol. The number of carbonyl (C=O) groups excluding carboxylic acids is 1. The van der Waals surface area contributed by atoms with Crippen LogP contribution < -0.4 is 5.32 Å². The van der Waals surface area contributed by atoms with E-state index in [-0.39, 0.29) is 18.6 Å². The smallest absolute Gasteiger partial charge is 0.416 e. The minimum atomic E-state index is -4.75. The zero-order chi connectivity index (χ0) is 14.5. The lowest BCUT2D eigenvalue weighted by Gasteiger charge is -2.15. The molecule has 0 heterocycles. The van der Waals surface area contributed by atoms with E-state index in [1.165, 1.54) is 6.07 Å². The Morgan fingerprint density at radius 2 is 1.95 bits per heavy atom. The highest BCUT2D eigenvalue weighted by Crippen LogP contribution is 2.19. The molecule has 0 bridgehead atoms. The summed E-state index contributed by atoms with van der Waals surface area (Å²) in [4.78, 5) is 11.3. The highest BCUT2D eigenvalue weighted by molar-refractivity contribution is 5.76. The van der Waals surface area contributed by atoms with Crippen LogP contribution >= 0.6 is 0 Å². The second kappa shape index (κ2) is 6.42. The van der Waals surface area contributed by atoms with Crippen molar-refractivity contribution in [2.45, 2.75) is 25.1 Å². The Morgan fingerprint density at radius 3 is 2.53 bits per heavy atom. The minimum absolute atomic E-state index is 0.0330. The van der Waals surface area contributed by atoms with Crippen LogP contribution in [-0.4, -0.2) is 34.9 Å². The van der Waals surface area contributed by atoms with E-state index in [1.807, 2.05) is 5.32 Å². The third-order valence-corrected chi connectivity index (χ3v) is 2.48. The van der Waals surface area contributed by atoms with Crippen LogP contribution in [0.4, 0.5) is 13.2 Å². The zero-order valence-corrected chi connectivity index (χ0v) is 9.94. The van der Waals surface area contributed by atoms with Crippen molar-refractivity contribution in [3.8, 4) is 5.75 Å². The monoisotopic (exact) mass is 277 g/mol. The first kappa shape index (κ1) is 15.3. The highest BCUT2D eigenvalue weighted by Gasteiger charge is 2.38. The summed E-state index contributed by atoms with van der Waals surface area (Å²) < 4.78 is 35.9. The number of aliphatic hydroxyl groups is 1. The first-order chi connectivity index (χ1) is 8.80. The van der Waals surface area contributed by atoms with Gasteiger partial charge in [-0.15, -0.1) is 0 Å². The number of phenolic OH excluding ortho intramolecular Hbond substituents is 1. The molecule has 1 rings (SSSR count). The molecule has 1 aromatic carbocycles. The number of amides is 1. The number of aromatic hydroxyl groups is 1. The molecule has 0 saturated heterocycles. The van der Waals surface area contributed by atoms with Crippen LogP contribution in [0.5, 0.6) is 5.75 Å². The number of benzene rings is 1. The average molecular weight is 277 g/mol. The number of phenols is 1. The number of alkyl halides is 3. The van der Waals surface area contributed by atoms with Crippen LogP contribution in [-0.2, 0) is 11.2 Å². The number of rotatable bonds is 5. The molecule has 0 fully saturated rings. The lowest BCUT2D eigenvalue weighted by molar-refractivity contribution is -0.201. The number of aryl methyl sites for hydroxylation is 1. The Kier molecular flexibility index (Phi) is 5.17. The number of hydrogen-bond acceptors (Lipinski definition) is 3. The van der Waals surface area contributed by atoms with Gasteiger partial charge in [-0.1, -0.05) is 18.2 Å². The maximum absolute atomic E-state index is 12.0. The second-order valence-corrected chi connectivity index (χ2v) is 3.99. The largest absolute Gasteiger partial charge is 0.508 e. The Balaban J connectivity index is 2.35. The summed E-state index contributed by atoms with van der Waals surface area (Å²) in [5, 5.41) is 20.1. The van der Waals surface area contributed by atoms with Crippen molar-refractivity contribution in [2.24, 2.45) is 0 Å². The summed E-state index contributed by atoms with van der Waals surface area (Å²) in [5.74, 6) is -0.586. The van der Waals surface area contributed by atoms with Crippen LogP contribution in [0.1, 0.15) is 12.0 Å². The molecule has 106 valence electrons. The molecular weight excluding hydrogens is 263 g/mol. The number of para-hydroxylation sites is 1. The fourth-order valence-corrected chi connectivity index (χ4v) is 1.39. The Bertz CT molecular complexity index is 434. The Labute approximate surface area is 107 Å². The molecule has 1 unspecified atom stereocenters. The van der Waals surface area contributed by atoms with E-state index < -0.39 is 24.7 Å². The Hall–Kier alpha value is -1.76. The number of nitrogens with one attached hydrogen (secondary N) is 1. The van der Waals surface area contributed by atoms with Crippen molar-refractivity contribution in [1.82, 2.24) is 5.32 Å². The normalized spacial score (nSPS) is 13.1. The second-order valence-electron chi connectivity index (χ2n) is 3.99. The fourth-order valence-electron chi connectivity index (χ4n) is 1.39. The van der Waals surface area contributed by atoms with E-state index in [0.717, 1.165) is 0 Å². The first-order valence-electron chi connectivity index (χ1n) is 5.59. The van der Waals surface area contributed by atoms with Gasteiger partial charge in [-0.3, -0.25) is 4.79 Å². The van der Waals surface area contributed by atoms with Gasteiger partial charge >= 0.3 is 6.18 Å². The van der Waals surface area contributed by atoms with E-state index >= 15 is 0 Å². The molecule has 0 aliphatic carbocycles.